The average molecular weight is 370 g/mol. The monoisotopic (exact) mass is 370 g/mol. The van der Waals surface area contributed by atoms with E-state index < -0.39 is 0 Å². The van der Waals surface area contributed by atoms with Gasteiger partial charge in [0.2, 0.25) is 0 Å². The minimum absolute atomic E-state index is 0.114. The zero-order chi connectivity index (χ0) is 19.5. The number of hydrogen-bond acceptors (Lipinski definition) is 2. The Bertz CT molecular complexity index is 1100. The molecule has 0 saturated heterocycles. The van der Waals surface area contributed by atoms with Gasteiger partial charge in [-0.05, 0) is 35.4 Å². The lowest BCUT2D eigenvalue weighted by molar-refractivity contribution is 0.0757. The molecule has 4 rings (SSSR count). The van der Waals surface area contributed by atoms with Crippen molar-refractivity contribution in [3.63, 3.8) is 0 Å². The third-order valence-corrected chi connectivity index (χ3v) is 4.89. The Kier molecular flexibility index (Phi) is 4.85. The number of hydrogen-bond donors (Lipinski definition) is 0. The molecule has 4 aromatic rings. The fourth-order valence-electron chi connectivity index (χ4n) is 3.51. The Morgan fingerprint density at radius 2 is 1.50 bits per heavy atom. The van der Waals surface area contributed by atoms with Gasteiger partial charge in [-0.3, -0.25) is 9.78 Å². The molecule has 0 saturated carbocycles. The van der Waals surface area contributed by atoms with Gasteiger partial charge in [0.25, 0.3) is 5.91 Å². The molecule has 0 aliphatic heterocycles. The van der Waals surface area contributed by atoms with E-state index in [1.165, 1.54) is 12.1 Å². The van der Waals surface area contributed by atoms with Crippen molar-refractivity contribution in [2.45, 2.75) is 6.04 Å². The van der Waals surface area contributed by atoms with Crippen LogP contribution in [0.4, 0.5) is 4.39 Å². The van der Waals surface area contributed by atoms with Gasteiger partial charge in [-0.15, -0.1) is 0 Å². The van der Waals surface area contributed by atoms with Crippen LogP contribution in [0.5, 0.6) is 0 Å². The van der Waals surface area contributed by atoms with Crippen LogP contribution in [0.25, 0.3) is 10.9 Å². The first-order valence-corrected chi connectivity index (χ1v) is 9.06. The summed E-state index contributed by atoms with van der Waals surface area (Å²) in [6.45, 7) is 0. The molecule has 1 heterocycles. The normalized spacial score (nSPS) is 11.9. The number of amides is 1. The van der Waals surface area contributed by atoms with Crippen LogP contribution in [0.3, 0.4) is 0 Å². The summed E-state index contributed by atoms with van der Waals surface area (Å²) < 4.78 is 13.5. The first-order valence-electron chi connectivity index (χ1n) is 9.06. The van der Waals surface area contributed by atoms with E-state index in [0.29, 0.717) is 5.56 Å². The largest absolute Gasteiger partial charge is 0.331 e. The SMILES string of the molecule is CN(C(=O)c1ccnc2ccccc12)C(c1ccccc1)c1ccc(F)cc1. The molecule has 0 aliphatic rings. The summed E-state index contributed by atoms with van der Waals surface area (Å²) in [6, 6.07) is 25.1. The minimum Gasteiger partial charge on any atom is -0.331 e. The van der Waals surface area contributed by atoms with Crippen molar-refractivity contribution in [2.24, 2.45) is 0 Å². The highest BCUT2D eigenvalue weighted by atomic mass is 19.1. The van der Waals surface area contributed by atoms with E-state index in [1.54, 1.807) is 36.3 Å². The fourth-order valence-corrected chi connectivity index (χ4v) is 3.51. The lowest BCUT2D eigenvalue weighted by Gasteiger charge is -2.29. The summed E-state index contributed by atoms with van der Waals surface area (Å²) >= 11 is 0. The van der Waals surface area contributed by atoms with E-state index in [1.807, 2.05) is 54.6 Å². The summed E-state index contributed by atoms with van der Waals surface area (Å²) in [5.74, 6) is -0.415. The number of halogens is 1. The van der Waals surface area contributed by atoms with Crippen molar-refractivity contribution in [3.8, 4) is 0 Å². The van der Waals surface area contributed by atoms with Gasteiger partial charge in [-0.25, -0.2) is 4.39 Å². The lowest BCUT2D eigenvalue weighted by Crippen LogP contribution is -2.32. The number of para-hydroxylation sites is 1. The molecular weight excluding hydrogens is 351 g/mol. The molecule has 4 heteroatoms. The molecule has 0 N–H and O–H groups in total. The van der Waals surface area contributed by atoms with Gasteiger partial charge in [0.15, 0.2) is 0 Å². The highest BCUT2D eigenvalue weighted by Gasteiger charge is 2.25. The lowest BCUT2D eigenvalue weighted by atomic mass is 9.96. The highest BCUT2D eigenvalue weighted by molar-refractivity contribution is 6.06. The molecule has 0 aliphatic carbocycles. The second kappa shape index (κ2) is 7.61. The Balaban J connectivity index is 1.79. The molecule has 0 spiro atoms. The Hall–Kier alpha value is -3.53. The Labute approximate surface area is 163 Å². The van der Waals surface area contributed by atoms with E-state index in [-0.39, 0.29) is 17.8 Å². The first kappa shape index (κ1) is 17.9. The zero-order valence-electron chi connectivity index (χ0n) is 15.4. The van der Waals surface area contributed by atoms with Gasteiger partial charge in [0, 0.05) is 18.6 Å². The number of pyridine rings is 1. The van der Waals surface area contributed by atoms with Crippen LogP contribution in [0.15, 0.2) is 91.1 Å². The van der Waals surface area contributed by atoms with Gasteiger partial charge in [-0.1, -0.05) is 60.7 Å². The third kappa shape index (κ3) is 3.37. The zero-order valence-corrected chi connectivity index (χ0v) is 15.4. The number of carbonyl (C=O) groups excluding carboxylic acids is 1. The topological polar surface area (TPSA) is 33.2 Å². The second-order valence-electron chi connectivity index (χ2n) is 6.66. The first-order chi connectivity index (χ1) is 13.6. The van der Waals surface area contributed by atoms with Gasteiger partial charge in [0.1, 0.15) is 5.82 Å². The third-order valence-electron chi connectivity index (χ3n) is 4.89. The molecule has 1 amide bonds. The molecule has 28 heavy (non-hydrogen) atoms. The summed E-state index contributed by atoms with van der Waals surface area (Å²) in [6.07, 6.45) is 1.65. The van der Waals surface area contributed by atoms with Gasteiger partial charge in [0.05, 0.1) is 17.1 Å². The quantitative estimate of drug-likeness (QED) is 0.492. The van der Waals surface area contributed by atoms with Gasteiger partial charge >= 0.3 is 0 Å². The van der Waals surface area contributed by atoms with Crippen molar-refractivity contribution in [1.82, 2.24) is 9.88 Å². The van der Waals surface area contributed by atoms with E-state index in [0.717, 1.165) is 22.0 Å². The second-order valence-corrected chi connectivity index (χ2v) is 6.66. The molecule has 0 bridgehead atoms. The van der Waals surface area contributed by atoms with Crippen LogP contribution in [-0.4, -0.2) is 22.8 Å². The molecule has 0 fully saturated rings. The van der Waals surface area contributed by atoms with E-state index >= 15 is 0 Å². The molecule has 3 aromatic carbocycles. The molecule has 1 unspecified atom stereocenters. The predicted octanol–water partition coefficient (Wildman–Crippen LogP) is 5.24. The van der Waals surface area contributed by atoms with Crippen LogP contribution in [-0.2, 0) is 0 Å². The van der Waals surface area contributed by atoms with Gasteiger partial charge < -0.3 is 4.90 Å². The molecule has 3 nitrogen and oxygen atoms in total. The van der Waals surface area contributed by atoms with Crippen LogP contribution >= 0.6 is 0 Å². The van der Waals surface area contributed by atoms with Crippen molar-refractivity contribution in [2.75, 3.05) is 7.05 Å². The van der Waals surface area contributed by atoms with Gasteiger partial charge in [-0.2, -0.15) is 0 Å². The smallest absolute Gasteiger partial charge is 0.255 e. The van der Waals surface area contributed by atoms with Crippen LogP contribution in [0.2, 0.25) is 0 Å². The number of carbonyl (C=O) groups is 1. The standard InChI is InChI=1S/C24H19FN2O/c1-27(24(28)21-15-16-26-22-10-6-5-9-20(21)22)23(17-7-3-2-4-8-17)18-11-13-19(25)14-12-18/h2-16,23H,1H3. The Morgan fingerprint density at radius 1 is 0.857 bits per heavy atom. The summed E-state index contributed by atoms with van der Waals surface area (Å²) in [4.78, 5) is 19.5. The number of fused-ring (bicyclic) bond motifs is 1. The predicted molar refractivity (Wildman–Crippen MR) is 109 cm³/mol. The average Bonchev–Trinajstić information content (AvgIpc) is 2.75. The van der Waals surface area contributed by atoms with Crippen molar-refractivity contribution in [3.05, 3.63) is 114 Å². The van der Waals surface area contributed by atoms with Crippen molar-refractivity contribution < 1.29 is 9.18 Å². The maximum absolute atomic E-state index is 13.5. The summed E-state index contributed by atoms with van der Waals surface area (Å²) in [5, 5.41) is 0.813. The van der Waals surface area contributed by atoms with Crippen LogP contribution in [0.1, 0.15) is 27.5 Å². The summed E-state index contributed by atoms with van der Waals surface area (Å²) in [5.41, 5.74) is 3.18. The maximum atomic E-state index is 13.5. The number of benzene rings is 3. The highest BCUT2D eigenvalue weighted by Crippen LogP contribution is 2.30. The molecule has 1 aromatic heterocycles. The van der Waals surface area contributed by atoms with Crippen LogP contribution < -0.4 is 0 Å². The molecule has 0 radical (unpaired) electrons. The van der Waals surface area contributed by atoms with E-state index in [9.17, 15) is 9.18 Å². The number of aromatic nitrogens is 1. The van der Waals surface area contributed by atoms with E-state index in [2.05, 4.69) is 4.98 Å². The number of nitrogens with zero attached hydrogens (tertiary/aromatic N) is 2. The van der Waals surface area contributed by atoms with Crippen LogP contribution in [0, 0.1) is 5.82 Å². The number of rotatable bonds is 4. The minimum atomic E-state index is -0.332. The molecule has 1 atom stereocenters. The molecular formula is C24H19FN2O. The fraction of sp³-hybridized carbons (Fsp3) is 0.0833. The Morgan fingerprint density at radius 3 is 2.25 bits per heavy atom. The molecule has 138 valence electrons. The van der Waals surface area contributed by atoms with Crippen molar-refractivity contribution in [1.29, 1.82) is 0 Å². The maximum Gasteiger partial charge on any atom is 0.255 e. The van der Waals surface area contributed by atoms with Crippen molar-refractivity contribution >= 4 is 16.8 Å². The summed E-state index contributed by atoms with van der Waals surface area (Å²) in [7, 11) is 1.78. The van der Waals surface area contributed by atoms with E-state index in [4.69, 9.17) is 0 Å².